The number of aromatic nitrogens is 1. The standard InChI is InChI=1S/C25H23N3O/c26-16-19-5-4-8-23(13-19)24-14-20(17-27-18-24)15-25(29)28-11-9-22(10-12-28)21-6-2-1-3-7-21/h1-8,13-14,17-18,22H,9-12,15H2. The molecule has 1 aromatic heterocycles. The average molecular weight is 381 g/mol. The second kappa shape index (κ2) is 8.70. The highest BCUT2D eigenvalue weighted by molar-refractivity contribution is 5.79. The van der Waals surface area contributed by atoms with Crippen molar-refractivity contribution in [1.82, 2.24) is 9.88 Å². The fraction of sp³-hybridized carbons (Fsp3) is 0.240. The molecule has 0 aliphatic carbocycles. The third kappa shape index (κ3) is 4.52. The number of nitriles is 1. The molecule has 1 aliphatic rings. The normalized spacial score (nSPS) is 14.4. The Balaban J connectivity index is 1.40. The van der Waals surface area contributed by atoms with Crippen LogP contribution in [0.3, 0.4) is 0 Å². The first-order valence-electron chi connectivity index (χ1n) is 10.00. The number of pyridine rings is 1. The molecule has 4 rings (SSSR count). The molecule has 0 atom stereocenters. The van der Waals surface area contributed by atoms with Gasteiger partial charge in [0.05, 0.1) is 18.1 Å². The Kier molecular flexibility index (Phi) is 5.67. The average Bonchev–Trinajstić information content (AvgIpc) is 2.80. The van der Waals surface area contributed by atoms with Gasteiger partial charge in [0.15, 0.2) is 0 Å². The Bertz CT molecular complexity index is 1030. The molecule has 29 heavy (non-hydrogen) atoms. The molecule has 0 bridgehead atoms. The molecule has 2 heterocycles. The molecule has 144 valence electrons. The topological polar surface area (TPSA) is 57.0 Å². The molecule has 0 radical (unpaired) electrons. The van der Waals surface area contributed by atoms with Gasteiger partial charge in [-0.25, -0.2) is 0 Å². The molecule has 3 aromatic rings. The molecule has 4 heteroatoms. The van der Waals surface area contributed by atoms with Crippen LogP contribution < -0.4 is 0 Å². The van der Waals surface area contributed by atoms with E-state index in [1.807, 2.05) is 35.2 Å². The van der Waals surface area contributed by atoms with E-state index in [1.165, 1.54) is 5.56 Å². The van der Waals surface area contributed by atoms with Crippen molar-refractivity contribution in [2.75, 3.05) is 13.1 Å². The summed E-state index contributed by atoms with van der Waals surface area (Å²) in [6.45, 7) is 1.60. The van der Waals surface area contributed by atoms with Gasteiger partial charge in [0, 0.05) is 31.0 Å². The lowest BCUT2D eigenvalue weighted by Crippen LogP contribution is -2.38. The van der Waals surface area contributed by atoms with Crippen molar-refractivity contribution < 1.29 is 4.79 Å². The number of likely N-dealkylation sites (tertiary alicyclic amines) is 1. The summed E-state index contributed by atoms with van der Waals surface area (Å²) in [4.78, 5) is 19.1. The van der Waals surface area contributed by atoms with Crippen LogP contribution in [-0.4, -0.2) is 28.9 Å². The van der Waals surface area contributed by atoms with Gasteiger partial charge in [0.25, 0.3) is 0 Å². The lowest BCUT2D eigenvalue weighted by Gasteiger charge is -2.32. The second-order valence-corrected chi connectivity index (χ2v) is 7.52. The van der Waals surface area contributed by atoms with Gasteiger partial charge in [-0.15, -0.1) is 0 Å². The Labute approximate surface area is 171 Å². The molecular weight excluding hydrogens is 358 g/mol. The monoisotopic (exact) mass is 381 g/mol. The van der Waals surface area contributed by atoms with Crippen LogP contribution in [0.1, 0.15) is 35.4 Å². The van der Waals surface area contributed by atoms with Crippen molar-refractivity contribution in [3.05, 3.63) is 89.7 Å². The van der Waals surface area contributed by atoms with Crippen molar-refractivity contribution in [1.29, 1.82) is 5.26 Å². The zero-order valence-corrected chi connectivity index (χ0v) is 16.3. The van der Waals surface area contributed by atoms with Crippen LogP contribution in [0.5, 0.6) is 0 Å². The molecule has 0 saturated carbocycles. The number of carbonyl (C=O) groups excluding carboxylic acids is 1. The number of rotatable bonds is 4. The van der Waals surface area contributed by atoms with E-state index in [0.29, 0.717) is 17.9 Å². The summed E-state index contributed by atoms with van der Waals surface area (Å²) in [6, 6.07) is 22.2. The van der Waals surface area contributed by atoms with Gasteiger partial charge in [0.2, 0.25) is 5.91 Å². The van der Waals surface area contributed by atoms with Crippen molar-refractivity contribution in [2.24, 2.45) is 0 Å². The fourth-order valence-corrected chi connectivity index (χ4v) is 3.98. The minimum atomic E-state index is 0.154. The molecule has 1 fully saturated rings. The molecule has 1 aliphatic heterocycles. The number of nitrogens with zero attached hydrogens (tertiary/aromatic N) is 3. The summed E-state index contributed by atoms with van der Waals surface area (Å²) in [6.07, 6.45) is 5.90. The van der Waals surface area contributed by atoms with E-state index in [0.717, 1.165) is 42.6 Å². The van der Waals surface area contributed by atoms with Crippen LogP contribution in [0, 0.1) is 11.3 Å². The van der Waals surface area contributed by atoms with E-state index in [-0.39, 0.29) is 5.91 Å². The number of benzene rings is 2. The van der Waals surface area contributed by atoms with Gasteiger partial charge in [-0.2, -0.15) is 5.26 Å². The van der Waals surface area contributed by atoms with Gasteiger partial charge in [0.1, 0.15) is 0 Å². The summed E-state index contributed by atoms with van der Waals surface area (Å²) in [5, 5.41) is 9.10. The summed E-state index contributed by atoms with van der Waals surface area (Å²) in [5.74, 6) is 0.693. The number of piperidine rings is 1. The van der Waals surface area contributed by atoms with Gasteiger partial charge < -0.3 is 4.90 Å². The van der Waals surface area contributed by atoms with Crippen LogP contribution >= 0.6 is 0 Å². The maximum Gasteiger partial charge on any atom is 0.227 e. The molecular formula is C25H23N3O. The quantitative estimate of drug-likeness (QED) is 0.665. The van der Waals surface area contributed by atoms with E-state index in [4.69, 9.17) is 5.26 Å². The third-order valence-electron chi connectivity index (χ3n) is 5.59. The number of hydrogen-bond donors (Lipinski definition) is 0. The molecule has 1 amide bonds. The van der Waals surface area contributed by atoms with Crippen molar-refractivity contribution in [3.8, 4) is 17.2 Å². The highest BCUT2D eigenvalue weighted by Crippen LogP contribution is 2.28. The number of amides is 1. The fourth-order valence-electron chi connectivity index (χ4n) is 3.98. The smallest absolute Gasteiger partial charge is 0.227 e. The molecule has 1 saturated heterocycles. The molecule has 2 aromatic carbocycles. The lowest BCUT2D eigenvalue weighted by molar-refractivity contribution is -0.131. The lowest BCUT2D eigenvalue weighted by atomic mass is 9.89. The molecule has 0 N–H and O–H groups in total. The Morgan fingerprint density at radius 1 is 1.00 bits per heavy atom. The second-order valence-electron chi connectivity index (χ2n) is 7.52. The largest absolute Gasteiger partial charge is 0.342 e. The van der Waals surface area contributed by atoms with Crippen molar-refractivity contribution in [3.63, 3.8) is 0 Å². The Morgan fingerprint density at radius 3 is 2.55 bits per heavy atom. The first-order valence-corrected chi connectivity index (χ1v) is 10.00. The van der Waals surface area contributed by atoms with Crippen molar-refractivity contribution >= 4 is 5.91 Å². The number of carbonyl (C=O) groups is 1. The highest BCUT2D eigenvalue weighted by Gasteiger charge is 2.23. The summed E-state index contributed by atoms with van der Waals surface area (Å²) in [5.41, 5.74) is 4.76. The first kappa shape index (κ1) is 18.9. The number of hydrogen-bond acceptors (Lipinski definition) is 3. The summed E-state index contributed by atoms with van der Waals surface area (Å²) in [7, 11) is 0. The minimum Gasteiger partial charge on any atom is -0.342 e. The molecule has 0 unspecified atom stereocenters. The first-order chi connectivity index (χ1) is 14.2. The van der Waals surface area contributed by atoms with E-state index >= 15 is 0 Å². The van der Waals surface area contributed by atoms with Crippen LogP contribution in [0.2, 0.25) is 0 Å². The zero-order valence-electron chi connectivity index (χ0n) is 16.3. The van der Waals surface area contributed by atoms with Crippen molar-refractivity contribution in [2.45, 2.75) is 25.2 Å². The Morgan fingerprint density at radius 2 is 1.79 bits per heavy atom. The maximum absolute atomic E-state index is 12.8. The van der Waals surface area contributed by atoms with Crippen LogP contribution in [0.4, 0.5) is 0 Å². The summed E-state index contributed by atoms with van der Waals surface area (Å²) < 4.78 is 0. The van der Waals surface area contributed by atoms with Gasteiger partial charge >= 0.3 is 0 Å². The van der Waals surface area contributed by atoms with Crippen LogP contribution in [0.15, 0.2) is 73.1 Å². The third-order valence-corrected chi connectivity index (χ3v) is 5.59. The zero-order chi connectivity index (χ0) is 20.1. The van der Waals surface area contributed by atoms with Crippen LogP contribution in [-0.2, 0) is 11.2 Å². The SMILES string of the molecule is N#Cc1cccc(-c2cncc(CC(=O)N3CCC(c4ccccc4)CC3)c2)c1. The Hall–Kier alpha value is -3.45. The molecule has 0 spiro atoms. The highest BCUT2D eigenvalue weighted by atomic mass is 16.2. The van der Waals surface area contributed by atoms with E-state index < -0.39 is 0 Å². The predicted molar refractivity (Wildman–Crippen MR) is 113 cm³/mol. The van der Waals surface area contributed by atoms with E-state index in [9.17, 15) is 4.79 Å². The molecule has 4 nitrogen and oxygen atoms in total. The predicted octanol–water partition coefficient (Wildman–Crippen LogP) is 4.57. The maximum atomic E-state index is 12.8. The summed E-state index contributed by atoms with van der Waals surface area (Å²) >= 11 is 0. The van der Waals surface area contributed by atoms with Gasteiger partial charge in [-0.05, 0) is 53.6 Å². The van der Waals surface area contributed by atoms with E-state index in [2.05, 4.69) is 35.3 Å². The minimum absolute atomic E-state index is 0.154. The van der Waals surface area contributed by atoms with Crippen LogP contribution in [0.25, 0.3) is 11.1 Å². The van der Waals surface area contributed by atoms with E-state index in [1.54, 1.807) is 18.5 Å². The van der Waals surface area contributed by atoms with Gasteiger partial charge in [-0.1, -0.05) is 42.5 Å². The van der Waals surface area contributed by atoms with Gasteiger partial charge in [-0.3, -0.25) is 9.78 Å².